The zero-order chi connectivity index (χ0) is 19.4. The Labute approximate surface area is 162 Å². The van der Waals surface area contributed by atoms with E-state index in [1.807, 2.05) is 17.5 Å². The molecular formula is C18H14N2O5S2. The highest BCUT2D eigenvalue weighted by Gasteiger charge is 2.19. The van der Waals surface area contributed by atoms with Gasteiger partial charge in [-0.3, -0.25) is 14.9 Å². The number of amides is 1. The summed E-state index contributed by atoms with van der Waals surface area (Å²) in [5.74, 6) is -1.44. The Balaban J connectivity index is 1.81. The average molecular weight is 402 g/mol. The van der Waals surface area contributed by atoms with Gasteiger partial charge in [0.15, 0.2) is 0 Å². The zero-order valence-electron chi connectivity index (χ0n) is 13.9. The largest absolute Gasteiger partial charge is 0.477 e. The summed E-state index contributed by atoms with van der Waals surface area (Å²) in [4.78, 5) is 35.7. The Hall–Kier alpha value is -3.04. The van der Waals surface area contributed by atoms with Gasteiger partial charge in [-0.1, -0.05) is 18.2 Å². The first-order chi connectivity index (χ1) is 12.9. The summed E-state index contributed by atoms with van der Waals surface area (Å²) in [6.45, 7) is 0. The summed E-state index contributed by atoms with van der Waals surface area (Å²) >= 11 is 2.52. The van der Waals surface area contributed by atoms with Crippen molar-refractivity contribution in [1.82, 2.24) is 0 Å². The number of anilines is 1. The number of nitro benzene ring substituents is 1. The molecule has 0 unspecified atom stereocenters. The number of aryl methyl sites for hydroxylation is 1. The van der Waals surface area contributed by atoms with E-state index in [-0.39, 0.29) is 28.6 Å². The van der Waals surface area contributed by atoms with Crippen LogP contribution in [0.3, 0.4) is 0 Å². The van der Waals surface area contributed by atoms with Gasteiger partial charge >= 0.3 is 5.97 Å². The molecule has 3 rings (SSSR count). The molecule has 0 aliphatic rings. The van der Waals surface area contributed by atoms with Crippen LogP contribution in [0, 0.1) is 10.1 Å². The molecule has 7 nitrogen and oxygen atoms in total. The predicted octanol–water partition coefficient (Wildman–Crippen LogP) is 4.65. The minimum Gasteiger partial charge on any atom is -0.477 e. The highest BCUT2D eigenvalue weighted by Crippen LogP contribution is 2.36. The van der Waals surface area contributed by atoms with Crippen LogP contribution in [-0.2, 0) is 11.2 Å². The third-order valence-corrected chi connectivity index (χ3v) is 5.83. The quantitative estimate of drug-likeness (QED) is 0.441. The number of hydrogen-bond acceptors (Lipinski definition) is 6. The van der Waals surface area contributed by atoms with E-state index in [0.717, 1.165) is 16.2 Å². The van der Waals surface area contributed by atoms with E-state index in [2.05, 4.69) is 5.32 Å². The van der Waals surface area contributed by atoms with Crippen LogP contribution < -0.4 is 5.32 Å². The van der Waals surface area contributed by atoms with E-state index in [1.165, 1.54) is 24.3 Å². The van der Waals surface area contributed by atoms with Gasteiger partial charge in [-0.25, -0.2) is 4.79 Å². The molecule has 2 aromatic heterocycles. The first kappa shape index (κ1) is 18.7. The lowest BCUT2D eigenvalue weighted by atomic mass is 10.1. The van der Waals surface area contributed by atoms with E-state index in [1.54, 1.807) is 17.4 Å². The number of carboxylic acid groups (broad SMARTS) is 1. The molecule has 0 saturated heterocycles. The third-order valence-electron chi connectivity index (χ3n) is 3.72. The number of nitro groups is 1. The van der Waals surface area contributed by atoms with Gasteiger partial charge in [0.05, 0.1) is 10.6 Å². The lowest BCUT2D eigenvalue weighted by molar-refractivity contribution is -0.384. The summed E-state index contributed by atoms with van der Waals surface area (Å²) < 4.78 is 0. The number of aromatic carboxylic acids is 1. The molecule has 1 amide bonds. The van der Waals surface area contributed by atoms with E-state index in [4.69, 9.17) is 0 Å². The zero-order valence-corrected chi connectivity index (χ0v) is 15.5. The van der Waals surface area contributed by atoms with Crippen LogP contribution in [0.4, 0.5) is 11.4 Å². The number of rotatable bonds is 7. The average Bonchev–Trinajstić information content (AvgIpc) is 3.30. The molecule has 0 atom stereocenters. The molecule has 0 radical (unpaired) electrons. The summed E-state index contributed by atoms with van der Waals surface area (Å²) in [7, 11) is 0. The number of nitrogens with one attached hydrogen (secondary N) is 1. The van der Waals surface area contributed by atoms with Gasteiger partial charge in [-0.2, -0.15) is 0 Å². The van der Waals surface area contributed by atoms with E-state index in [9.17, 15) is 24.8 Å². The summed E-state index contributed by atoms with van der Waals surface area (Å²) in [5.41, 5.74) is 0.639. The molecule has 2 heterocycles. The fourth-order valence-corrected chi connectivity index (χ4v) is 4.12. The van der Waals surface area contributed by atoms with Crippen molar-refractivity contribution < 1.29 is 19.6 Å². The van der Waals surface area contributed by atoms with Gasteiger partial charge in [0.25, 0.3) is 5.69 Å². The van der Waals surface area contributed by atoms with Crippen molar-refractivity contribution in [3.05, 3.63) is 67.7 Å². The van der Waals surface area contributed by atoms with Gasteiger partial charge in [0.1, 0.15) is 4.88 Å². The molecule has 0 bridgehead atoms. The minimum absolute atomic E-state index is 0.0130. The Bertz CT molecular complexity index is 995. The molecule has 3 aromatic rings. The van der Waals surface area contributed by atoms with Gasteiger partial charge in [-0.05, 0) is 29.5 Å². The second-order valence-electron chi connectivity index (χ2n) is 5.59. The predicted molar refractivity (Wildman–Crippen MR) is 105 cm³/mol. The highest BCUT2D eigenvalue weighted by molar-refractivity contribution is 7.18. The van der Waals surface area contributed by atoms with Crippen LogP contribution in [0.1, 0.15) is 21.0 Å². The number of carbonyl (C=O) groups excluding carboxylic acids is 1. The van der Waals surface area contributed by atoms with E-state index in [0.29, 0.717) is 16.9 Å². The van der Waals surface area contributed by atoms with Crippen LogP contribution in [0.15, 0.2) is 47.8 Å². The SMILES string of the molecule is O=C(CCc1cccs1)Nc1cc(-c2cccc([N+](=O)[O-])c2)sc1C(=O)O. The van der Waals surface area contributed by atoms with Gasteiger partial charge < -0.3 is 10.4 Å². The number of benzene rings is 1. The number of hydrogen-bond donors (Lipinski definition) is 2. The number of thiophene rings is 2. The summed E-state index contributed by atoms with van der Waals surface area (Å²) in [5, 5.41) is 24.9. The van der Waals surface area contributed by atoms with Crippen molar-refractivity contribution in [1.29, 1.82) is 0 Å². The second-order valence-corrected chi connectivity index (χ2v) is 7.68. The molecule has 0 spiro atoms. The fraction of sp³-hybridized carbons (Fsp3) is 0.111. The lowest BCUT2D eigenvalue weighted by Gasteiger charge is -2.03. The molecule has 2 N–H and O–H groups in total. The van der Waals surface area contributed by atoms with E-state index >= 15 is 0 Å². The Morgan fingerprint density at radius 1 is 1.19 bits per heavy atom. The molecular weight excluding hydrogens is 388 g/mol. The van der Waals surface area contributed by atoms with Crippen molar-refractivity contribution in [2.75, 3.05) is 5.32 Å². The Kier molecular flexibility index (Phi) is 5.63. The van der Waals surface area contributed by atoms with Crippen molar-refractivity contribution in [3.8, 4) is 10.4 Å². The maximum Gasteiger partial charge on any atom is 0.348 e. The monoisotopic (exact) mass is 402 g/mol. The first-order valence-corrected chi connectivity index (χ1v) is 9.58. The fourth-order valence-electron chi connectivity index (χ4n) is 2.46. The topological polar surface area (TPSA) is 110 Å². The van der Waals surface area contributed by atoms with Crippen LogP contribution in [0.25, 0.3) is 10.4 Å². The van der Waals surface area contributed by atoms with Crippen molar-refractivity contribution in [2.24, 2.45) is 0 Å². The molecule has 0 aliphatic carbocycles. The maximum atomic E-state index is 12.2. The van der Waals surface area contributed by atoms with Crippen LogP contribution in [0.5, 0.6) is 0 Å². The number of carboxylic acids is 1. The molecule has 27 heavy (non-hydrogen) atoms. The van der Waals surface area contributed by atoms with Crippen LogP contribution >= 0.6 is 22.7 Å². The van der Waals surface area contributed by atoms with Gasteiger partial charge in [0.2, 0.25) is 5.91 Å². The molecule has 9 heteroatoms. The Morgan fingerprint density at radius 2 is 2.00 bits per heavy atom. The van der Waals surface area contributed by atoms with Crippen molar-refractivity contribution in [3.63, 3.8) is 0 Å². The standard InChI is InChI=1S/C18H14N2O5S2/c21-16(7-6-13-5-2-8-26-13)19-14-10-15(27-17(14)18(22)23)11-3-1-4-12(9-11)20(24)25/h1-5,8-10H,6-7H2,(H,19,21)(H,22,23). The van der Waals surface area contributed by atoms with Gasteiger partial charge in [-0.15, -0.1) is 22.7 Å². The molecule has 0 saturated carbocycles. The summed E-state index contributed by atoms with van der Waals surface area (Å²) in [6, 6.07) is 11.3. The lowest BCUT2D eigenvalue weighted by Crippen LogP contribution is -2.13. The third kappa shape index (κ3) is 4.57. The Morgan fingerprint density at radius 3 is 2.67 bits per heavy atom. The maximum absolute atomic E-state index is 12.2. The van der Waals surface area contributed by atoms with Crippen LogP contribution in [-0.4, -0.2) is 21.9 Å². The second kappa shape index (κ2) is 8.11. The van der Waals surface area contributed by atoms with Crippen LogP contribution in [0.2, 0.25) is 0 Å². The number of nitrogens with zero attached hydrogens (tertiary/aromatic N) is 1. The molecule has 138 valence electrons. The number of carbonyl (C=O) groups is 2. The smallest absolute Gasteiger partial charge is 0.348 e. The van der Waals surface area contributed by atoms with Crippen molar-refractivity contribution >= 4 is 45.9 Å². The molecule has 0 fully saturated rings. The number of non-ortho nitro benzene ring substituents is 1. The van der Waals surface area contributed by atoms with E-state index < -0.39 is 10.9 Å². The first-order valence-electron chi connectivity index (χ1n) is 7.88. The normalized spacial score (nSPS) is 10.5. The summed E-state index contributed by atoms with van der Waals surface area (Å²) in [6.07, 6.45) is 0.815. The van der Waals surface area contributed by atoms with Gasteiger partial charge in [0, 0.05) is 28.3 Å². The highest BCUT2D eigenvalue weighted by atomic mass is 32.1. The molecule has 0 aliphatic heterocycles. The molecule has 1 aromatic carbocycles. The minimum atomic E-state index is -1.16. The van der Waals surface area contributed by atoms with Crippen molar-refractivity contribution in [2.45, 2.75) is 12.8 Å².